The number of nitrogens with zero attached hydrogens (tertiary/aromatic N) is 2. The lowest BCUT2D eigenvalue weighted by Crippen LogP contribution is -1.78. The van der Waals surface area contributed by atoms with E-state index in [1.807, 2.05) is 24.3 Å². The molecule has 2 nitrogen and oxygen atoms in total. The van der Waals surface area contributed by atoms with Gasteiger partial charge in [-0.3, -0.25) is 0 Å². The normalized spacial score (nSPS) is 10.0. The highest BCUT2D eigenvalue weighted by Crippen LogP contribution is 2.11. The van der Waals surface area contributed by atoms with Crippen LogP contribution in [0.2, 0.25) is 0 Å². The van der Waals surface area contributed by atoms with Crippen LogP contribution < -0.4 is 0 Å². The van der Waals surface area contributed by atoms with Gasteiger partial charge in [0, 0.05) is 17.8 Å². The summed E-state index contributed by atoms with van der Waals surface area (Å²) in [5, 5.41) is 3.71. The van der Waals surface area contributed by atoms with Gasteiger partial charge in [-0.1, -0.05) is 48.5 Å². The lowest BCUT2D eigenvalue weighted by molar-refractivity contribution is 1.29. The summed E-state index contributed by atoms with van der Waals surface area (Å²) in [6, 6.07) is 24.5. The van der Waals surface area contributed by atoms with E-state index in [4.69, 9.17) is 0 Å². The first-order valence-corrected chi connectivity index (χ1v) is 6.53. The first-order chi connectivity index (χ1) is 9.93. The molecule has 0 amide bonds. The van der Waals surface area contributed by atoms with Crippen molar-refractivity contribution in [2.24, 2.45) is 0 Å². The molecule has 0 atom stereocenters. The van der Waals surface area contributed by atoms with E-state index in [9.17, 15) is 0 Å². The van der Waals surface area contributed by atoms with Gasteiger partial charge in [0.25, 0.3) is 0 Å². The van der Waals surface area contributed by atoms with Crippen LogP contribution in [-0.4, -0.2) is 9.97 Å². The Kier molecular flexibility index (Phi) is 3.65. The van der Waals surface area contributed by atoms with Gasteiger partial charge in [-0.15, -0.1) is 0 Å². The van der Waals surface area contributed by atoms with Gasteiger partial charge in [0.05, 0.1) is 0 Å². The van der Waals surface area contributed by atoms with Crippen LogP contribution in [0.25, 0.3) is 21.8 Å². The van der Waals surface area contributed by atoms with Crippen molar-refractivity contribution in [2.75, 3.05) is 0 Å². The van der Waals surface area contributed by atoms with Gasteiger partial charge in [-0.25, -0.2) is 9.97 Å². The molecule has 0 aliphatic heterocycles. The maximum atomic E-state index is 4.07. The summed E-state index contributed by atoms with van der Waals surface area (Å²) in [6.07, 6.45) is 3.49. The average Bonchev–Trinajstić information content (AvgIpc) is 2.56. The molecular formula is C18H14N2. The Morgan fingerprint density at radius 2 is 0.850 bits per heavy atom. The molecular weight excluding hydrogens is 244 g/mol. The van der Waals surface area contributed by atoms with Crippen molar-refractivity contribution in [1.29, 1.82) is 0 Å². The smallest absolute Gasteiger partial charge is 0.159 e. The number of fused-ring (bicyclic) bond motifs is 2. The van der Waals surface area contributed by atoms with Crippen LogP contribution in [0.1, 0.15) is 0 Å². The third-order valence-corrected chi connectivity index (χ3v) is 3.03. The zero-order valence-corrected chi connectivity index (χ0v) is 11.0. The van der Waals surface area contributed by atoms with Crippen LogP contribution in [0.15, 0.2) is 85.2 Å². The molecule has 0 aliphatic rings. The van der Waals surface area contributed by atoms with Crippen molar-refractivity contribution < 1.29 is 0 Å². The minimum absolute atomic E-state index is 0.810. The van der Waals surface area contributed by atoms with Gasteiger partial charge >= 0.3 is 0 Å². The maximum absolute atomic E-state index is 4.07. The van der Waals surface area contributed by atoms with E-state index in [1.54, 1.807) is 12.4 Å². The van der Waals surface area contributed by atoms with Gasteiger partial charge in [-0.05, 0) is 35.0 Å². The molecule has 0 N–H and O–H groups in total. The molecule has 0 saturated heterocycles. The zero-order valence-electron chi connectivity index (χ0n) is 11.0. The fraction of sp³-hybridized carbons (Fsp3) is 0. The standard InChI is InChI=1S/C10H8.C8H6N2/c1-2-6-10-8-4-3-7-9(10)5-1;1-3-7-4-2-6-10-8(7)9-5-1/h1-8H;1-6H. The number of benzene rings is 2. The molecule has 0 radical (unpaired) electrons. The Balaban J connectivity index is 0.000000121. The number of aromatic nitrogens is 2. The van der Waals surface area contributed by atoms with E-state index >= 15 is 0 Å². The van der Waals surface area contributed by atoms with Crippen LogP contribution in [0.3, 0.4) is 0 Å². The highest BCUT2D eigenvalue weighted by molar-refractivity contribution is 5.82. The first-order valence-electron chi connectivity index (χ1n) is 6.53. The highest BCUT2D eigenvalue weighted by Gasteiger charge is 1.88. The molecule has 2 aromatic heterocycles. The quantitative estimate of drug-likeness (QED) is 0.465. The largest absolute Gasteiger partial charge is 0.237 e. The molecule has 4 rings (SSSR count). The summed E-state index contributed by atoms with van der Waals surface area (Å²) in [4.78, 5) is 8.14. The molecule has 0 spiro atoms. The number of rotatable bonds is 0. The van der Waals surface area contributed by atoms with Gasteiger partial charge < -0.3 is 0 Å². The van der Waals surface area contributed by atoms with Gasteiger partial charge in [0.1, 0.15) is 0 Å². The van der Waals surface area contributed by atoms with Crippen molar-refractivity contribution in [2.45, 2.75) is 0 Å². The molecule has 96 valence electrons. The minimum atomic E-state index is 0.810. The van der Waals surface area contributed by atoms with Crippen molar-refractivity contribution >= 4 is 21.8 Å². The molecule has 0 aliphatic carbocycles. The van der Waals surface area contributed by atoms with Gasteiger partial charge in [-0.2, -0.15) is 0 Å². The number of hydrogen-bond acceptors (Lipinski definition) is 2. The Morgan fingerprint density at radius 1 is 0.450 bits per heavy atom. The molecule has 20 heavy (non-hydrogen) atoms. The second-order valence-corrected chi connectivity index (χ2v) is 4.40. The zero-order chi connectivity index (χ0) is 13.6. The molecule has 0 fully saturated rings. The van der Waals surface area contributed by atoms with E-state index in [0.717, 1.165) is 11.0 Å². The van der Waals surface area contributed by atoms with Crippen LogP contribution in [0.4, 0.5) is 0 Å². The predicted molar refractivity (Wildman–Crippen MR) is 83.5 cm³/mol. The van der Waals surface area contributed by atoms with Crippen LogP contribution in [0.5, 0.6) is 0 Å². The fourth-order valence-corrected chi connectivity index (χ4v) is 2.04. The molecule has 0 unspecified atom stereocenters. The van der Waals surface area contributed by atoms with Crippen molar-refractivity contribution in [3.05, 3.63) is 85.2 Å². The summed E-state index contributed by atoms with van der Waals surface area (Å²) < 4.78 is 0. The summed E-state index contributed by atoms with van der Waals surface area (Å²) in [5.41, 5.74) is 0.810. The maximum Gasteiger partial charge on any atom is 0.159 e. The first kappa shape index (κ1) is 12.3. The van der Waals surface area contributed by atoms with E-state index in [-0.39, 0.29) is 0 Å². The van der Waals surface area contributed by atoms with Crippen molar-refractivity contribution in [3.8, 4) is 0 Å². The second kappa shape index (κ2) is 5.93. The minimum Gasteiger partial charge on any atom is -0.237 e. The number of hydrogen-bond donors (Lipinski definition) is 0. The van der Waals surface area contributed by atoms with Crippen molar-refractivity contribution in [3.63, 3.8) is 0 Å². The van der Waals surface area contributed by atoms with E-state index in [2.05, 4.69) is 58.5 Å². The molecule has 2 aromatic carbocycles. The van der Waals surface area contributed by atoms with E-state index in [0.29, 0.717) is 0 Å². The summed E-state index contributed by atoms with van der Waals surface area (Å²) in [5.74, 6) is 0. The summed E-state index contributed by atoms with van der Waals surface area (Å²) in [7, 11) is 0. The summed E-state index contributed by atoms with van der Waals surface area (Å²) in [6.45, 7) is 0. The average molecular weight is 258 g/mol. The molecule has 0 saturated carbocycles. The Bertz CT molecular complexity index is 623. The predicted octanol–water partition coefficient (Wildman–Crippen LogP) is 4.47. The SMILES string of the molecule is c1ccc2ccccc2c1.c1cnc2ncccc2c1. The van der Waals surface area contributed by atoms with Crippen LogP contribution in [0, 0.1) is 0 Å². The van der Waals surface area contributed by atoms with Gasteiger partial charge in [0.2, 0.25) is 0 Å². The Labute approximate surface area is 117 Å². The van der Waals surface area contributed by atoms with E-state index < -0.39 is 0 Å². The molecule has 2 heterocycles. The fourth-order valence-electron chi connectivity index (χ4n) is 2.04. The Morgan fingerprint density at radius 3 is 1.25 bits per heavy atom. The third-order valence-electron chi connectivity index (χ3n) is 3.03. The topological polar surface area (TPSA) is 25.8 Å². The van der Waals surface area contributed by atoms with Crippen LogP contribution >= 0.6 is 0 Å². The molecule has 2 heteroatoms. The Hall–Kier alpha value is -2.74. The molecule has 0 bridgehead atoms. The van der Waals surface area contributed by atoms with Gasteiger partial charge in [0.15, 0.2) is 5.65 Å². The third kappa shape index (κ3) is 2.81. The molecule has 4 aromatic rings. The van der Waals surface area contributed by atoms with Crippen LogP contribution in [-0.2, 0) is 0 Å². The summed E-state index contributed by atoms with van der Waals surface area (Å²) >= 11 is 0. The highest BCUT2D eigenvalue weighted by atomic mass is 14.8. The lowest BCUT2D eigenvalue weighted by Gasteiger charge is -1.92. The lowest BCUT2D eigenvalue weighted by atomic mass is 10.1. The second-order valence-electron chi connectivity index (χ2n) is 4.40. The number of pyridine rings is 2. The monoisotopic (exact) mass is 258 g/mol. The van der Waals surface area contributed by atoms with Crippen molar-refractivity contribution in [1.82, 2.24) is 9.97 Å². The van der Waals surface area contributed by atoms with E-state index in [1.165, 1.54) is 10.8 Å².